The number of imidazole rings is 1. The van der Waals surface area contributed by atoms with Gasteiger partial charge in [0, 0.05) is 5.56 Å². The first-order valence-electron chi connectivity index (χ1n) is 3.83. The summed E-state index contributed by atoms with van der Waals surface area (Å²) < 4.78 is 0. The standard InChI is InChI=1S/C8H7N3O2/c1-5-2-3-6-7(10-4-9-6)8(5)11(12)13/h2-4H,1H3,(H,9,10)/p+1. The van der Waals surface area contributed by atoms with E-state index in [4.69, 9.17) is 0 Å². The average molecular weight is 178 g/mol. The number of aromatic nitrogens is 2. The van der Waals surface area contributed by atoms with E-state index < -0.39 is 0 Å². The average Bonchev–Trinajstić information content (AvgIpc) is 2.50. The van der Waals surface area contributed by atoms with Crippen LogP contribution in [0.5, 0.6) is 0 Å². The van der Waals surface area contributed by atoms with Gasteiger partial charge in [0.05, 0.1) is 4.92 Å². The molecule has 66 valence electrons. The van der Waals surface area contributed by atoms with E-state index in [0.29, 0.717) is 11.1 Å². The number of aryl methyl sites for hydroxylation is 1. The van der Waals surface area contributed by atoms with Gasteiger partial charge in [-0.15, -0.1) is 0 Å². The summed E-state index contributed by atoms with van der Waals surface area (Å²) in [5.74, 6) is 0. The first-order chi connectivity index (χ1) is 6.20. The number of H-pyrrole nitrogens is 2. The van der Waals surface area contributed by atoms with Crippen LogP contribution in [0.15, 0.2) is 18.5 Å². The van der Waals surface area contributed by atoms with Gasteiger partial charge < -0.3 is 0 Å². The molecule has 2 N–H and O–H groups in total. The maximum absolute atomic E-state index is 10.7. The van der Waals surface area contributed by atoms with Crippen molar-refractivity contribution in [3.8, 4) is 0 Å². The molecular formula is C8H8N3O2+. The van der Waals surface area contributed by atoms with Gasteiger partial charge in [0.25, 0.3) is 0 Å². The van der Waals surface area contributed by atoms with Crippen molar-refractivity contribution in [2.45, 2.75) is 6.92 Å². The molecule has 0 saturated carbocycles. The molecule has 0 aliphatic heterocycles. The summed E-state index contributed by atoms with van der Waals surface area (Å²) in [6.45, 7) is 1.72. The minimum Gasteiger partial charge on any atom is -0.258 e. The van der Waals surface area contributed by atoms with Crippen LogP contribution in [0, 0.1) is 17.0 Å². The summed E-state index contributed by atoms with van der Waals surface area (Å²) in [5.41, 5.74) is 2.09. The molecule has 0 atom stereocenters. The highest BCUT2D eigenvalue weighted by Gasteiger charge is 2.20. The number of aromatic amines is 2. The van der Waals surface area contributed by atoms with Crippen LogP contribution in [0.1, 0.15) is 5.56 Å². The molecule has 0 spiro atoms. The third-order valence-corrected chi connectivity index (χ3v) is 2.01. The molecule has 1 aromatic carbocycles. The maximum atomic E-state index is 10.7. The number of rotatable bonds is 1. The van der Waals surface area contributed by atoms with Crippen LogP contribution in [0.4, 0.5) is 5.69 Å². The number of fused-ring (bicyclic) bond motifs is 1. The lowest BCUT2D eigenvalue weighted by Crippen LogP contribution is -2.01. The number of benzene rings is 1. The molecule has 0 aliphatic rings. The largest absolute Gasteiger partial charge is 0.322 e. The van der Waals surface area contributed by atoms with E-state index in [-0.39, 0.29) is 10.6 Å². The highest BCUT2D eigenvalue weighted by atomic mass is 16.6. The zero-order valence-electron chi connectivity index (χ0n) is 7.00. The fourth-order valence-electron chi connectivity index (χ4n) is 1.38. The fraction of sp³-hybridized carbons (Fsp3) is 0.125. The molecular weight excluding hydrogens is 170 g/mol. The fourth-order valence-corrected chi connectivity index (χ4v) is 1.38. The van der Waals surface area contributed by atoms with E-state index in [1.165, 1.54) is 0 Å². The molecule has 1 heterocycles. The normalized spacial score (nSPS) is 10.5. The van der Waals surface area contributed by atoms with Gasteiger partial charge in [0.1, 0.15) is 0 Å². The van der Waals surface area contributed by atoms with Crippen LogP contribution in [0.25, 0.3) is 11.0 Å². The van der Waals surface area contributed by atoms with Crippen molar-refractivity contribution in [1.82, 2.24) is 4.98 Å². The number of nitro benzene ring substituents is 1. The van der Waals surface area contributed by atoms with Gasteiger partial charge in [0.2, 0.25) is 11.8 Å². The Balaban J connectivity index is 2.88. The van der Waals surface area contributed by atoms with E-state index in [2.05, 4.69) is 9.97 Å². The Morgan fingerprint density at radius 3 is 3.00 bits per heavy atom. The van der Waals surface area contributed by atoms with Crippen molar-refractivity contribution in [1.29, 1.82) is 0 Å². The monoisotopic (exact) mass is 178 g/mol. The van der Waals surface area contributed by atoms with Crippen molar-refractivity contribution >= 4 is 16.7 Å². The van der Waals surface area contributed by atoms with Crippen molar-refractivity contribution < 1.29 is 9.91 Å². The minimum absolute atomic E-state index is 0.138. The Bertz CT molecular complexity index is 475. The second-order valence-corrected chi connectivity index (χ2v) is 2.84. The van der Waals surface area contributed by atoms with E-state index in [1.807, 2.05) is 6.07 Å². The lowest BCUT2D eigenvalue weighted by Gasteiger charge is -1.93. The molecule has 5 heteroatoms. The molecule has 0 fully saturated rings. The minimum atomic E-state index is -0.373. The van der Waals surface area contributed by atoms with E-state index in [9.17, 15) is 10.1 Å². The molecule has 0 aliphatic carbocycles. The second-order valence-electron chi connectivity index (χ2n) is 2.84. The number of nitro groups is 1. The number of nitrogens with zero attached hydrogens (tertiary/aromatic N) is 1. The van der Waals surface area contributed by atoms with Crippen LogP contribution in [0.3, 0.4) is 0 Å². The molecule has 1 aromatic heterocycles. The van der Waals surface area contributed by atoms with Gasteiger partial charge in [-0.05, 0) is 19.1 Å². The van der Waals surface area contributed by atoms with Gasteiger partial charge >= 0.3 is 5.69 Å². The molecule has 2 rings (SSSR count). The molecule has 0 unspecified atom stereocenters. The maximum Gasteiger partial charge on any atom is 0.322 e. The molecule has 0 bridgehead atoms. The summed E-state index contributed by atoms with van der Waals surface area (Å²) in [4.78, 5) is 16.0. The van der Waals surface area contributed by atoms with E-state index >= 15 is 0 Å². The van der Waals surface area contributed by atoms with Gasteiger partial charge in [-0.3, -0.25) is 10.1 Å². The zero-order chi connectivity index (χ0) is 9.42. The summed E-state index contributed by atoms with van der Waals surface area (Å²) in [6, 6.07) is 3.54. The Hall–Kier alpha value is -1.91. The predicted octanol–water partition coefficient (Wildman–Crippen LogP) is 1.20. The Kier molecular flexibility index (Phi) is 1.51. The number of nitrogens with one attached hydrogen (secondary N) is 2. The third kappa shape index (κ3) is 1.05. The summed E-state index contributed by atoms with van der Waals surface area (Å²) in [7, 11) is 0. The van der Waals surface area contributed by atoms with Crippen LogP contribution < -0.4 is 4.98 Å². The van der Waals surface area contributed by atoms with Crippen molar-refractivity contribution in [3.05, 3.63) is 34.1 Å². The Morgan fingerprint density at radius 2 is 2.31 bits per heavy atom. The topological polar surface area (TPSA) is 73.1 Å². The Labute approximate surface area is 73.6 Å². The van der Waals surface area contributed by atoms with E-state index in [1.54, 1.807) is 19.3 Å². The smallest absolute Gasteiger partial charge is 0.258 e. The molecule has 13 heavy (non-hydrogen) atoms. The summed E-state index contributed by atoms with van der Waals surface area (Å²) in [5, 5.41) is 10.7. The lowest BCUT2D eigenvalue weighted by atomic mass is 10.2. The quantitative estimate of drug-likeness (QED) is 0.526. The summed E-state index contributed by atoms with van der Waals surface area (Å²) in [6.07, 6.45) is 1.58. The molecule has 0 radical (unpaired) electrons. The first-order valence-corrected chi connectivity index (χ1v) is 3.83. The van der Waals surface area contributed by atoms with Crippen molar-refractivity contribution in [3.63, 3.8) is 0 Å². The highest BCUT2D eigenvalue weighted by molar-refractivity contribution is 5.82. The lowest BCUT2D eigenvalue weighted by molar-refractivity contribution is -0.400. The zero-order valence-corrected chi connectivity index (χ0v) is 7.00. The van der Waals surface area contributed by atoms with Crippen molar-refractivity contribution in [2.75, 3.05) is 0 Å². The molecule has 0 saturated heterocycles. The highest BCUT2D eigenvalue weighted by Crippen LogP contribution is 2.24. The summed E-state index contributed by atoms with van der Waals surface area (Å²) >= 11 is 0. The first kappa shape index (κ1) is 7.72. The van der Waals surface area contributed by atoms with Gasteiger partial charge in [0.15, 0.2) is 5.52 Å². The third-order valence-electron chi connectivity index (χ3n) is 2.01. The predicted molar refractivity (Wildman–Crippen MR) is 46.2 cm³/mol. The van der Waals surface area contributed by atoms with Crippen LogP contribution in [-0.4, -0.2) is 9.91 Å². The SMILES string of the molecule is Cc1ccc2[nH]c[nH+]c2c1[N+](=O)[O-]. The molecule has 5 nitrogen and oxygen atoms in total. The number of hydrogen-bond donors (Lipinski definition) is 1. The van der Waals surface area contributed by atoms with Gasteiger partial charge in [-0.25, -0.2) is 9.97 Å². The van der Waals surface area contributed by atoms with Crippen LogP contribution in [0.2, 0.25) is 0 Å². The van der Waals surface area contributed by atoms with Crippen LogP contribution >= 0.6 is 0 Å². The molecule has 2 aromatic rings. The molecule has 0 amide bonds. The number of hydrogen-bond acceptors (Lipinski definition) is 2. The van der Waals surface area contributed by atoms with E-state index in [0.717, 1.165) is 5.52 Å². The van der Waals surface area contributed by atoms with Gasteiger partial charge in [-0.1, -0.05) is 0 Å². The van der Waals surface area contributed by atoms with Gasteiger partial charge in [-0.2, -0.15) is 0 Å². The van der Waals surface area contributed by atoms with Crippen LogP contribution in [-0.2, 0) is 0 Å². The Morgan fingerprint density at radius 1 is 1.54 bits per heavy atom. The van der Waals surface area contributed by atoms with Crippen molar-refractivity contribution in [2.24, 2.45) is 0 Å². The second kappa shape index (κ2) is 2.55.